The van der Waals surface area contributed by atoms with Crippen molar-refractivity contribution in [1.82, 2.24) is 0 Å². The number of carboxylic acid groups (broad SMARTS) is 1. The first-order valence-electron chi connectivity index (χ1n) is 7.39. The minimum Gasteiger partial charge on any atom is -0.478 e. The summed E-state index contributed by atoms with van der Waals surface area (Å²) in [5.41, 5.74) is 0.626. The molecule has 2 heteroatoms. The molecule has 1 N–H and O–H groups in total. The molecule has 3 atom stereocenters. The molecule has 2 nitrogen and oxygen atoms in total. The zero-order chi connectivity index (χ0) is 13.2. The summed E-state index contributed by atoms with van der Waals surface area (Å²) in [5.74, 6) is 2.08. The Bertz CT molecular complexity index is 316. The molecule has 3 aliphatic rings. The van der Waals surface area contributed by atoms with Gasteiger partial charge in [0.15, 0.2) is 0 Å². The summed E-state index contributed by atoms with van der Waals surface area (Å²) >= 11 is 0. The van der Waals surface area contributed by atoms with E-state index in [4.69, 9.17) is 5.11 Å². The van der Waals surface area contributed by atoms with Gasteiger partial charge in [-0.15, -0.1) is 0 Å². The van der Waals surface area contributed by atoms with Crippen LogP contribution in [0.5, 0.6) is 0 Å². The van der Waals surface area contributed by atoms with Crippen LogP contribution in [0, 0.1) is 23.2 Å². The van der Waals surface area contributed by atoms with Crippen LogP contribution in [0.15, 0.2) is 12.2 Å². The third kappa shape index (κ3) is 2.96. The van der Waals surface area contributed by atoms with Gasteiger partial charge in [-0.3, -0.25) is 0 Å². The highest BCUT2D eigenvalue weighted by atomic mass is 16.4. The molecule has 0 radical (unpaired) electrons. The summed E-state index contributed by atoms with van der Waals surface area (Å²) in [7, 11) is 0. The zero-order valence-electron chi connectivity index (χ0n) is 11.7. The molecule has 3 aliphatic carbocycles. The van der Waals surface area contributed by atoms with E-state index in [0.29, 0.717) is 5.41 Å². The predicted molar refractivity (Wildman–Crippen MR) is 73.3 cm³/mol. The highest BCUT2D eigenvalue weighted by Gasteiger charge is 2.52. The van der Waals surface area contributed by atoms with Gasteiger partial charge in [-0.05, 0) is 55.3 Å². The van der Waals surface area contributed by atoms with Crippen LogP contribution >= 0.6 is 0 Å². The molecule has 0 spiro atoms. The zero-order valence-corrected chi connectivity index (χ0v) is 11.7. The number of unbranched alkanes of at least 4 members (excludes halogenated alkanes) is 2. The van der Waals surface area contributed by atoms with Gasteiger partial charge in [0.2, 0.25) is 0 Å². The smallest absolute Gasteiger partial charge is 0.327 e. The molecule has 3 fully saturated rings. The van der Waals surface area contributed by atoms with E-state index < -0.39 is 5.97 Å². The first kappa shape index (κ1) is 13.6. The summed E-state index contributed by atoms with van der Waals surface area (Å²) in [6.45, 7) is 4.89. The molecular formula is C16H26O2. The van der Waals surface area contributed by atoms with Crippen molar-refractivity contribution >= 4 is 5.97 Å². The van der Waals surface area contributed by atoms with Crippen molar-refractivity contribution in [3.63, 3.8) is 0 Å². The van der Waals surface area contributed by atoms with Crippen molar-refractivity contribution in [3.8, 4) is 0 Å². The highest BCUT2D eigenvalue weighted by Crippen LogP contribution is 2.61. The van der Waals surface area contributed by atoms with Gasteiger partial charge in [0.05, 0.1) is 0 Å². The molecule has 0 heterocycles. The fourth-order valence-corrected chi connectivity index (χ4v) is 3.94. The molecule has 3 saturated carbocycles. The minimum atomic E-state index is -0.829. The summed E-state index contributed by atoms with van der Waals surface area (Å²) < 4.78 is 0. The van der Waals surface area contributed by atoms with Gasteiger partial charge in [0.1, 0.15) is 0 Å². The monoisotopic (exact) mass is 250 g/mol. The van der Waals surface area contributed by atoms with Gasteiger partial charge in [-0.25, -0.2) is 4.79 Å². The maximum Gasteiger partial charge on any atom is 0.327 e. The molecule has 102 valence electrons. The van der Waals surface area contributed by atoms with Gasteiger partial charge in [-0.2, -0.15) is 0 Å². The van der Waals surface area contributed by atoms with Crippen molar-refractivity contribution in [1.29, 1.82) is 0 Å². The molecule has 0 aromatic carbocycles. The van der Waals surface area contributed by atoms with Crippen LogP contribution in [0.25, 0.3) is 0 Å². The number of allylic oxidation sites excluding steroid dienone is 1. The van der Waals surface area contributed by atoms with Crippen LogP contribution in [0.1, 0.15) is 58.8 Å². The summed E-state index contributed by atoms with van der Waals surface area (Å²) in [4.78, 5) is 10.3. The number of carboxylic acids is 1. The Hall–Kier alpha value is -0.790. The Morgan fingerprint density at radius 2 is 1.89 bits per heavy atom. The number of hydrogen-bond acceptors (Lipinski definition) is 1. The molecule has 0 amide bonds. The SMILES string of the molecule is CC1(C)[C@@H]2CC(CCCC/C=C/C(=O)O)C[C@H]1C2. The molecule has 0 aromatic rings. The number of carbonyl (C=O) groups is 1. The van der Waals surface area contributed by atoms with Crippen molar-refractivity contribution in [3.05, 3.63) is 12.2 Å². The van der Waals surface area contributed by atoms with Gasteiger partial charge in [-0.1, -0.05) is 32.8 Å². The van der Waals surface area contributed by atoms with E-state index in [1.807, 2.05) is 0 Å². The van der Waals surface area contributed by atoms with Crippen molar-refractivity contribution < 1.29 is 9.90 Å². The fourth-order valence-electron chi connectivity index (χ4n) is 3.94. The van der Waals surface area contributed by atoms with E-state index in [0.717, 1.165) is 30.6 Å². The summed E-state index contributed by atoms with van der Waals surface area (Å²) in [5, 5.41) is 8.47. The van der Waals surface area contributed by atoms with E-state index in [-0.39, 0.29) is 0 Å². The van der Waals surface area contributed by atoms with Crippen molar-refractivity contribution in [2.24, 2.45) is 23.2 Å². The van der Waals surface area contributed by atoms with E-state index in [2.05, 4.69) is 13.8 Å². The number of aliphatic carboxylic acids is 1. The lowest BCUT2D eigenvalue weighted by Gasteiger charge is -2.59. The lowest BCUT2D eigenvalue weighted by molar-refractivity contribution is -0.131. The molecule has 1 unspecified atom stereocenters. The second-order valence-corrected chi connectivity index (χ2v) is 6.81. The van der Waals surface area contributed by atoms with Gasteiger partial charge in [0, 0.05) is 6.08 Å². The molecule has 2 bridgehead atoms. The van der Waals surface area contributed by atoms with E-state index in [1.54, 1.807) is 6.08 Å². The average molecular weight is 250 g/mol. The minimum absolute atomic E-state index is 0.626. The molecule has 0 aromatic heterocycles. The summed E-state index contributed by atoms with van der Waals surface area (Å²) in [6.07, 6.45) is 12.1. The van der Waals surface area contributed by atoms with E-state index >= 15 is 0 Å². The van der Waals surface area contributed by atoms with E-state index in [1.165, 1.54) is 38.2 Å². The second-order valence-electron chi connectivity index (χ2n) is 6.81. The first-order chi connectivity index (χ1) is 8.50. The maximum absolute atomic E-state index is 10.3. The third-order valence-corrected chi connectivity index (χ3v) is 5.40. The van der Waals surface area contributed by atoms with Crippen LogP contribution in [0.2, 0.25) is 0 Å². The Morgan fingerprint density at radius 1 is 1.22 bits per heavy atom. The van der Waals surface area contributed by atoms with Gasteiger partial charge >= 0.3 is 5.97 Å². The highest BCUT2D eigenvalue weighted by molar-refractivity contribution is 5.79. The lowest BCUT2D eigenvalue weighted by atomic mass is 9.46. The fraction of sp³-hybridized carbons (Fsp3) is 0.812. The topological polar surface area (TPSA) is 37.3 Å². The standard InChI is InChI=1S/C16H26O2/c1-16(2)13-9-12(10-14(16)11-13)7-5-3-4-6-8-15(17)18/h6,8,12-14H,3-5,7,9-11H2,1-2H3,(H,17,18)/b8-6+/t12?,13-,14+. The number of rotatable bonds is 6. The number of fused-ring (bicyclic) bond motifs is 2. The van der Waals surface area contributed by atoms with Crippen LogP contribution in [-0.2, 0) is 4.79 Å². The molecular weight excluding hydrogens is 224 g/mol. The first-order valence-corrected chi connectivity index (χ1v) is 7.39. The average Bonchev–Trinajstić information content (AvgIpc) is 2.33. The van der Waals surface area contributed by atoms with Gasteiger partial charge < -0.3 is 5.11 Å². The van der Waals surface area contributed by atoms with Crippen LogP contribution in [0.4, 0.5) is 0 Å². The molecule has 0 aliphatic heterocycles. The van der Waals surface area contributed by atoms with Crippen molar-refractivity contribution in [2.45, 2.75) is 58.8 Å². The molecule has 3 rings (SSSR count). The Morgan fingerprint density at radius 3 is 2.44 bits per heavy atom. The van der Waals surface area contributed by atoms with Gasteiger partial charge in [0.25, 0.3) is 0 Å². The van der Waals surface area contributed by atoms with Crippen LogP contribution in [-0.4, -0.2) is 11.1 Å². The molecule has 0 saturated heterocycles. The normalized spacial score (nSPS) is 33.3. The Balaban J connectivity index is 1.58. The van der Waals surface area contributed by atoms with Crippen LogP contribution < -0.4 is 0 Å². The Labute approximate surface area is 110 Å². The third-order valence-electron chi connectivity index (χ3n) is 5.40. The molecule has 18 heavy (non-hydrogen) atoms. The maximum atomic E-state index is 10.3. The quantitative estimate of drug-likeness (QED) is 0.565. The predicted octanol–water partition coefficient (Wildman–Crippen LogP) is 4.26. The van der Waals surface area contributed by atoms with Crippen LogP contribution in [0.3, 0.4) is 0 Å². The van der Waals surface area contributed by atoms with Crippen molar-refractivity contribution in [2.75, 3.05) is 0 Å². The van der Waals surface area contributed by atoms with E-state index in [9.17, 15) is 4.79 Å². The second kappa shape index (κ2) is 5.46. The summed E-state index contributed by atoms with van der Waals surface area (Å²) in [6, 6.07) is 0. The Kier molecular flexibility index (Phi) is 4.14. The number of hydrogen-bond donors (Lipinski definition) is 1. The lowest BCUT2D eigenvalue weighted by Crippen LogP contribution is -2.50. The largest absolute Gasteiger partial charge is 0.478 e.